The molecule has 0 aliphatic carbocycles. The predicted molar refractivity (Wildman–Crippen MR) is 100 cm³/mol. The van der Waals surface area contributed by atoms with E-state index in [1.807, 2.05) is 24.3 Å². The van der Waals surface area contributed by atoms with Crippen LogP contribution >= 0.6 is 12.2 Å². The lowest BCUT2D eigenvalue weighted by Crippen LogP contribution is -2.26. The molecule has 1 aromatic heterocycles. The van der Waals surface area contributed by atoms with Gasteiger partial charge in [-0.25, -0.2) is 0 Å². The molecule has 0 atom stereocenters. The van der Waals surface area contributed by atoms with E-state index in [1.54, 1.807) is 4.57 Å². The van der Waals surface area contributed by atoms with Crippen molar-refractivity contribution in [2.24, 2.45) is 0 Å². The van der Waals surface area contributed by atoms with Gasteiger partial charge in [-0.15, -0.1) is 0 Å². The van der Waals surface area contributed by atoms with E-state index in [1.165, 1.54) is 11.3 Å². The SMILES string of the molecule is O=c1c2ccccc2[nH]c(=S)n1CCCN1CCc2ccccc21. The van der Waals surface area contributed by atoms with Crippen molar-refractivity contribution in [2.75, 3.05) is 18.0 Å². The van der Waals surface area contributed by atoms with Crippen LogP contribution in [0.3, 0.4) is 0 Å². The quantitative estimate of drug-likeness (QED) is 0.741. The van der Waals surface area contributed by atoms with Crippen molar-refractivity contribution in [2.45, 2.75) is 19.4 Å². The van der Waals surface area contributed by atoms with Crippen molar-refractivity contribution in [3.8, 4) is 0 Å². The lowest BCUT2D eigenvalue weighted by atomic mass is 10.2. The zero-order chi connectivity index (χ0) is 16.5. The van der Waals surface area contributed by atoms with Gasteiger partial charge in [0.1, 0.15) is 0 Å². The first-order valence-corrected chi connectivity index (χ1v) is 8.69. The number of anilines is 1. The minimum Gasteiger partial charge on any atom is -0.371 e. The zero-order valence-electron chi connectivity index (χ0n) is 13.4. The number of H-pyrrole nitrogens is 1. The first-order valence-electron chi connectivity index (χ1n) is 8.29. The molecule has 4 rings (SSSR count). The highest BCUT2D eigenvalue weighted by molar-refractivity contribution is 7.71. The summed E-state index contributed by atoms with van der Waals surface area (Å²) in [7, 11) is 0. The molecule has 0 amide bonds. The topological polar surface area (TPSA) is 41.0 Å². The van der Waals surface area contributed by atoms with Crippen LogP contribution < -0.4 is 10.5 Å². The van der Waals surface area contributed by atoms with Crippen LogP contribution in [0.25, 0.3) is 10.9 Å². The van der Waals surface area contributed by atoms with E-state index in [9.17, 15) is 4.79 Å². The van der Waals surface area contributed by atoms with Crippen LogP contribution in [-0.4, -0.2) is 22.6 Å². The summed E-state index contributed by atoms with van der Waals surface area (Å²) in [6.45, 7) is 2.63. The summed E-state index contributed by atoms with van der Waals surface area (Å²) in [5.41, 5.74) is 3.54. The van der Waals surface area contributed by atoms with Gasteiger partial charge in [-0.05, 0) is 48.8 Å². The smallest absolute Gasteiger partial charge is 0.262 e. The summed E-state index contributed by atoms with van der Waals surface area (Å²) >= 11 is 5.37. The van der Waals surface area contributed by atoms with Gasteiger partial charge in [0.2, 0.25) is 0 Å². The number of fused-ring (bicyclic) bond motifs is 2. The highest BCUT2D eigenvalue weighted by atomic mass is 32.1. The average Bonchev–Trinajstić information content (AvgIpc) is 3.01. The van der Waals surface area contributed by atoms with Crippen molar-refractivity contribution >= 4 is 28.8 Å². The van der Waals surface area contributed by atoms with Gasteiger partial charge in [0.15, 0.2) is 4.77 Å². The number of para-hydroxylation sites is 2. The second-order valence-electron chi connectivity index (χ2n) is 6.15. The molecule has 0 spiro atoms. The van der Waals surface area contributed by atoms with E-state index >= 15 is 0 Å². The van der Waals surface area contributed by atoms with Crippen molar-refractivity contribution < 1.29 is 0 Å². The second-order valence-corrected chi connectivity index (χ2v) is 6.54. The Morgan fingerprint density at radius 1 is 1.04 bits per heavy atom. The molecule has 1 aliphatic rings. The van der Waals surface area contributed by atoms with Crippen LogP contribution in [0.5, 0.6) is 0 Å². The van der Waals surface area contributed by atoms with Gasteiger partial charge < -0.3 is 9.88 Å². The Labute approximate surface area is 145 Å². The molecule has 0 radical (unpaired) electrons. The van der Waals surface area contributed by atoms with E-state index in [-0.39, 0.29) is 5.56 Å². The number of aromatic amines is 1. The summed E-state index contributed by atoms with van der Waals surface area (Å²) in [6.07, 6.45) is 2.00. The highest BCUT2D eigenvalue weighted by Gasteiger charge is 2.17. The third-order valence-corrected chi connectivity index (χ3v) is 5.00. The first kappa shape index (κ1) is 15.1. The molecular weight excluding hydrogens is 318 g/mol. The van der Waals surface area contributed by atoms with Crippen LogP contribution in [0.4, 0.5) is 5.69 Å². The largest absolute Gasteiger partial charge is 0.371 e. The lowest BCUT2D eigenvalue weighted by Gasteiger charge is -2.19. The van der Waals surface area contributed by atoms with E-state index in [2.05, 4.69) is 34.1 Å². The molecule has 122 valence electrons. The summed E-state index contributed by atoms with van der Waals surface area (Å²) in [4.78, 5) is 18.2. The number of benzene rings is 2. The van der Waals surface area contributed by atoms with Gasteiger partial charge in [-0.1, -0.05) is 30.3 Å². The fourth-order valence-electron chi connectivity index (χ4n) is 3.46. The molecule has 5 heteroatoms. The van der Waals surface area contributed by atoms with E-state index in [4.69, 9.17) is 12.2 Å². The predicted octanol–water partition coefficient (Wildman–Crippen LogP) is 3.51. The van der Waals surface area contributed by atoms with E-state index in [0.29, 0.717) is 16.7 Å². The monoisotopic (exact) mass is 337 g/mol. The summed E-state index contributed by atoms with van der Waals surface area (Å²) < 4.78 is 2.18. The van der Waals surface area contributed by atoms with Crippen molar-refractivity contribution in [1.29, 1.82) is 0 Å². The number of hydrogen-bond donors (Lipinski definition) is 1. The number of nitrogens with one attached hydrogen (secondary N) is 1. The van der Waals surface area contributed by atoms with E-state index < -0.39 is 0 Å². The summed E-state index contributed by atoms with van der Waals surface area (Å²) in [5.74, 6) is 0. The van der Waals surface area contributed by atoms with Crippen LogP contribution in [0.15, 0.2) is 53.3 Å². The molecule has 24 heavy (non-hydrogen) atoms. The number of aromatic nitrogens is 2. The van der Waals surface area contributed by atoms with Gasteiger partial charge in [-0.3, -0.25) is 9.36 Å². The van der Waals surface area contributed by atoms with Gasteiger partial charge in [0.05, 0.1) is 10.9 Å². The molecule has 0 saturated carbocycles. The molecule has 2 aromatic carbocycles. The Bertz CT molecular complexity index is 1010. The fraction of sp³-hybridized carbons (Fsp3) is 0.263. The molecule has 0 fully saturated rings. The molecule has 0 unspecified atom stereocenters. The molecule has 3 aromatic rings. The number of rotatable bonds is 4. The third kappa shape index (κ3) is 2.65. The number of nitrogens with zero attached hydrogens (tertiary/aromatic N) is 2. The maximum atomic E-state index is 12.6. The van der Waals surface area contributed by atoms with Gasteiger partial charge >= 0.3 is 0 Å². The van der Waals surface area contributed by atoms with Crippen molar-refractivity contribution in [3.63, 3.8) is 0 Å². The Morgan fingerprint density at radius 2 is 1.83 bits per heavy atom. The second kappa shape index (κ2) is 6.24. The lowest BCUT2D eigenvalue weighted by molar-refractivity contribution is 0.601. The zero-order valence-corrected chi connectivity index (χ0v) is 14.2. The normalized spacial score (nSPS) is 13.4. The number of hydrogen-bond acceptors (Lipinski definition) is 3. The minimum atomic E-state index is -0.00354. The highest BCUT2D eigenvalue weighted by Crippen LogP contribution is 2.27. The summed E-state index contributed by atoms with van der Waals surface area (Å²) in [6, 6.07) is 16.1. The fourth-order valence-corrected chi connectivity index (χ4v) is 3.74. The molecular formula is C19H19N3OS. The minimum absolute atomic E-state index is 0.00354. The standard InChI is InChI=1S/C19H19N3OS/c23-18-15-7-2-3-8-16(15)20-19(24)22(18)12-5-11-21-13-10-14-6-1-4-9-17(14)21/h1-4,6-9H,5,10-13H2,(H,20,24). The Morgan fingerprint density at radius 3 is 2.75 bits per heavy atom. The maximum Gasteiger partial charge on any atom is 0.262 e. The third-order valence-electron chi connectivity index (χ3n) is 4.68. The van der Waals surface area contributed by atoms with Crippen molar-refractivity contribution in [3.05, 3.63) is 69.2 Å². The van der Waals surface area contributed by atoms with E-state index in [0.717, 1.165) is 31.4 Å². The molecule has 4 nitrogen and oxygen atoms in total. The Hall–Kier alpha value is -2.40. The van der Waals surface area contributed by atoms with Crippen molar-refractivity contribution in [1.82, 2.24) is 9.55 Å². The first-order chi connectivity index (χ1) is 11.7. The van der Waals surface area contributed by atoms with Crippen LogP contribution in [0.2, 0.25) is 0 Å². The molecule has 1 aliphatic heterocycles. The molecule has 0 bridgehead atoms. The summed E-state index contributed by atoms with van der Waals surface area (Å²) in [5, 5.41) is 0.692. The van der Waals surface area contributed by atoms with Gasteiger partial charge in [0, 0.05) is 25.3 Å². The average molecular weight is 337 g/mol. The molecule has 1 N–H and O–H groups in total. The molecule has 0 saturated heterocycles. The molecule has 2 heterocycles. The van der Waals surface area contributed by atoms with Crippen LogP contribution in [0.1, 0.15) is 12.0 Å². The van der Waals surface area contributed by atoms with Crippen LogP contribution in [0, 0.1) is 4.77 Å². The van der Waals surface area contributed by atoms with Crippen LogP contribution in [-0.2, 0) is 13.0 Å². The van der Waals surface area contributed by atoms with Gasteiger partial charge in [-0.2, -0.15) is 0 Å². The van der Waals surface area contributed by atoms with Gasteiger partial charge in [0.25, 0.3) is 5.56 Å². The Kier molecular flexibility index (Phi) is 3.94. The maximum absolute atomic E-state index is 12.6. The Balaban J connectivity index is 1.52.